The van der Waals surface area contributed by atoms with Crippen molar-refractivity contribution in [1.29, 1.82) is 0 Å². The first-order chi connectivity index (χ1) is 7.00. The minimum absolute atomic E-state index is 0.0813. The predicted molar refractivity (Wildman–Crippen MR) is 61.0 cm³/mol. The van der Waals surface area contributed by atoms with Gasteiger partial charge in [-0.05, 0) is 19.1 Å². The number of aromatic nitrogens is 1. The molecule has 1 aromatic rings. The topological polar surface area (TPSA) is 33.2 Å². The van der Waals surface area contributed by atoms with Gasteiger partial charge in [0, 0.05) is 19.8 Å². The normalized spacial score (nSPS) is 9.80. The fraction of sp³-hybridized carbons (Fsp3) is 0.273. The highest BCUT2D eigenvalue weighted by molar-refractivity contribution is 6.29. The van der Waals surface area contributed by atoms with Crippen molar-refractivity contribution in [3.8, 4) is 0 Å². The molecule has 0 bridgehead atoms. The Morgan fingerprint density at radius 1 is 1.60 bits per heavy atom. The summed E-state index contributed by atoms with van der Waals surface area (Å²) in [4.78, 5) is 17.2. The molecule has 15 heavy (non-hydrogen) atoms. The van der Waals surface area contributed by atoms with Crippen molar-refractivity contribution in [2.24, 2.45) is 0 Å². The molecule has 0 N–H and O–H groups in total. The Hall–Kier alpha value is -1.35. The van der Waals surface area contributed by atoms with Gasteiger partial charge in [0.15, 0.2) is 0 Å². The van der Waals surface area contributed by atoms with Crippen LogP contribution in [-0.2, 0) is 0 Å². The van der Waals surface area contributed by atoms with E-state index < -0.39 is 0 Å². The average molecular weight is 225 g/mol. The second-order valence-corrected chi connectivity index (χ2v) is 3.88. The lowest BCUT2D eigenvalue weighted by Crippen LogP contribution is -2.28. The number of carbonyl (C=O) groups is 1. The molecule has 80 valence electrons. The summed E-state index contributed by atoms with van der Waals surface area (Å²) in [6.07, 6.45) is 1.47. The molecular weight excluding hydrogens is 212 g/mol. The zero-order valence-electron chi connectivity index (χ0n) is 8.83. The Balaban J connectivity index is 2.76. The van der Waals surface area contributed by atoms with E-state index in [2.05, 4.69) is 11.6 Å². The van der Waals surface area contributed by atoms with Crippen LogP contribution in [0.5, 0.6) is 0 Å². The van der Waals surface area contributed by atoms with Gasteiger partial charge < -0.3 is 4.90 Å². The Kier molecular flexibility index (Phi) is 3.86. The van der Waals surface area contributed by atoms with E-state index in [9.17, 15) is 4.79 Å². The van der Waals surface area contributed by atoms with E-state index in [1.165, 1.54) is 6.20 Å². The lowest BCUT2D eigenvalue weighted by molar-refractivity contribution is 0.0806. The van der Waals surface area contributed by atoms with Gasteiger partial charge in [0.05, 0.1) is 5.56 Å². The molecule has 3 nitrogen and oxygen atoms in total. The summed E-state index contributed by atoms with van der Waals surface area (Å²) < 4.78 is 0. The quantitative estimate of drug-likeness (QED) is 0.584. The van der Waals surface area contributed by atoms with Crippen molar-refractivity contribution in [3.63, 3.8) is 0 Å². The summed E-state index contributed by atoms with van der Waals surface area (Å²) in [5, 5.41) is 0.383. The molecule has 1 heterocycles. The number of amides is 1. The second kappa shape index (κ2) is 4.94. The van der Waals surface area contributed by atoms with E-state index in [0.29, 0.717) is 17.3 Å². The van der Waals surface area contributed by atoms with Crippen LogP contribution < -0.4 is 0 Å². The average Bonchev–Trinajstić information content (AvgIpc) is 2.17. The predicted octanol–water partition coefficient (Wildman–Crippen LogP) is 2.38. The van der Waals surface area contributed by atoms with Crippen molar-refractivity contribution in [3.05, 3.63) is 41.2 Å². The highest BCUT2D eigenvalue weighted by Gasteiger charge is 2.11. The van der Waals surface area contributed by atoms with Gasteiger partial charge in [0.2, 0.25) is 0 Å². The van der Waals surface area contributed by atoms with E-state index in [1.54, 1.807) is 24.1 Å². The maximum Gasteiger partial charge on any atom is 0.255 e. The zero-order valence-corrected chi connectivity index (χ0v) is 9.58. The van der Waals surface area contributed by atoms with Crippen LogP contribution in [0, 0.1) is 0 Å². The van der Waals surface area contributed by atoms with Crippen molar-refractivity contribution in [2.45, 2.75) is 6.92 Å². The first kappa shape index (κ1) is 11.7. The fourth-order valence-electron chi connectivity index (χ4n) is 1.20. The highest BCUT2D eigenvalue weighted by Crippen LogP contribution is 2.08. The number of nitrogens with zero attached hydrogens (tertiary/aromatic N) is 2. The van der Waals surface area contributed by atoms with Gasteiger partial charge in [-0.15, -0.1) is 0 Å². The summed E-state index contributed by atoms with van der Waals surface area (Å²) in [5.74, 6) is -0.0813. The molecule has 0 saturated heterocycles. The number of carbonyl (C=O) groups excluding carboxylic acids is 1. The molecule has 0 unspecified atom stereocenters. The molecule has 0 fully saturated rings. The van der Waals surface area contributed by atoms with E-state index in [4.69, 9.17) is 11.6 Å². The lowest BCUT2D eigenvalue weighted by atomic mass is 10.2. The molecule has 0 atom stereocenters. The number of rotatable bonds is 3. The number of halogens is 1. The van der Waals surface area contributed by atoms with Crippen LogP contribution in [0.15, 0.2) is 30.5 Å². The first-order valence-corrected chi connectivity index (χ1v) is 4.90. The van der Waals surface area contributed by atoms with Crippen molar-refractivity contribution in [1.82, 2.24) is 9.88 Å². The number of likely N-dealkylation sites (N-methyl/N-ethyl adjacent to an activating group) is 1. The standard InChI is InChI=1S/C11H13ClN2O/c1-8(2)7-14(3)11(15)9-4-5-10(12)13-6-9/h4-6H,1,7H2,2-3H3. The van der Waals surface area contributed by atoms with Gasteiger partial charge in [-0.1, -0.05) is 23.8 Å². The second-order valence-electron chi connectivity index (χ2n) is 3.49. The molecule has 0 aliphatic rings. The maximum absolute atomic E-state index is 11.8. The fourth-order valence-corrected chi connectivity index (χ4v) is 1.31. The maximum atomic E-state index is 11.8. The third kappa shape index (κ3) is 3.36. The molecule has 0 saturated carbocycles. The molecule has 4 heteroatoms. The minimum Gasteiger partial charge on any atom is -0.338 e. The van der Waals surface area contributed by atoms with Gasteiger partial charge in [-0.25, -0.2) is 4.98 Å². The van der Waals surface area contributed by atoms with Crippen LogP contribution in [0.1, 0.15) is 17.3 Å². The molecule has 1 amide bonds. The Labute approximate surface area is 94.4 Å². The monoisotopic (exact) mass is 224 g/mol. The molecular formula is C11H13ClN2O. The summed E-state index contributed by atoms with van der Waals surface area (Å²) >= 11 is 5.63. The molecule has 0 spiro atoms. The Morgan fingerprint density at radius 3 is 2.73 bits per heavy atom. The van der Waals surface area contributed by atoms with E-state index >= 15 is 0 Å². The number of hydrogen-bond donors (Lipinski definition) is 0. The number of pyridine rings is 1. The van der Waals surface area contributed by atoms with Gasteiger partial charge >= 0.3 is 0 Å². The van der Waals surface area contributed by atoms with Crippen molar-refractivity contribution in [2.75, 3.05) is 13.6 Å². The van der Waals surface area contributed by atoms with Gasteiger partial charge in [0.25, 0.3) is 5.91 Å². The van der Waals surface area contributed by atoms with Gasteiger partial charge in [-0.2, -0.15) is 0 Å². The zero-order chi connectivity index (χ0) is 11.4. The van der Waals surface area contributed by atoms with Crippen LogP contribution in [0.3, 0.4) is 0 Å². The van der Waals surface area contributed by atoms with E-state index in [-0.39, 0.29) is 5.91 Å². The van der Waals surface area contributed by atoms with E-state index in [1.807, 2.05) is 6.92 Å². The van der Waals surface area contributed by atoms with Crippen LogP contribution in [0.2, 0.25) is 5.15 Å². The molecule has 0 aromatic carbocycles. The molecule has 0 radical (unpaired) electrons. The summed E-state index contributed by atoms with van der Waals surface area (Å²) in [5.41, 5.74) is 1.47. The SMILES string of the molecule is C=C(C)CN(C)C(=O)c1ccc(Cl)nc1. The largest absolute Gasteiger partial charge is 0.338 e. The summed E-state index contributed by atoms with van der Waals surface area (Å²) in [7, 11) is 1.73. The third-order valence-electron chi connectivity index (χ3n) is 1.83. The van der Waals surface area contributed by atoms with Crippen molar-refractivity contribution >= 4 is 17.5 Å². The van der Waals surface area contributed by atoms with Crippen LogP contribution in [0.4, 0.5) is 0 Å². The Morgan fingerprint density at radius 2 is 2.27 bits per heavy atom. The summed E-state index contributed by atoms with van der Waals surface area (Å²) in [6.45, 7) is 6.18. The van der Waals surface area contributed by atoms with Crippen LogP contribution in [0.25, 0.3) is 0 Å². The van der Waals surface area contributed by atoms with Crippen LogP contribution >= 0.6 is 11.6 Å². The molecule has 0 aliphatic heterocycles. The minimum atomic E-state index is -0.0813. The highest BCUT2D eigenvalue weighted by atomic mass is 35.5. The third-order valence-corrected chi connectivity index (χ3v) is 2.05. The van der Waals surface area contributed by atoms with Crippen LogP contribution in [-0.4, -0.2) is 29.4 Å². The van der Waals surface area contributed by atoms with E-state index in [0.717, 1.165) is 5.57 Å². The summed E-state index contributed by atoms with van der Waals surface area (Å²) in [6, 6.07) is 3.26. The molecule has 1 rings (SSSR count). The lowest BCUT2D eigenvalue weighted by Gasteiger charge is -2.16. The van der Waals surface area contributed by atoms with Gasteiger partial charge in [-0.3, -0.25) is 4.79 Å². The Bertz CT molecular complexity index is 373. The molecule has 1 aromatic heterocycles. The van der Waals surface area contributed by atoms with Gasteiger partial charge in [0.1, 0.15) is 5.15 Å². The smallest absolute Gasteiger partial charge is 0.255 e. The first-order valence-electron chi connectivity index (χ1n) is 4.52. The number of hydrogen-bond acceptors (Lipinski definition) is 2. The van der Waals surface area contributed by atoms with Crippen molar-refractivity contribution < 1.29 is 4.79 Å². The molecule has 0 aliphatic carbocycles.